The fourth-order valence-corrected chi connectivity index (χ4v) is 2.24. The zero-order chi connectivity index (χ0) is 19.9. The molecule has 1 heterocycles. The molecule has 0 unspecified atom stereocenters. The Labute approximate surface area is 165 Å². The summed E-state index contributed by atoms with van der Waals surface area (Å²) < 4.78 is 27.1. The number of carbonyl (C=O) groups is 1. The van der Waals surface area contributed by atoms with E-state index >= 15 is 0 Å². The molecule has 2 rings (SSSR count). The van der Waals surface area contributed by atoms with Crippen molar-refractivity contribution in [3.05, 3.63) is 35.4 Å². The Morgan fingerprint density at radius 2 is 1.21 bits per heavy atom. The van der Waals surface area contributed by atoms with E-state index in [4.69, 9.17) is 34.9 Å². The highest BCUT2D eigenvalue weighted by atomic mass is 16.7. The number of amides is 1. The van der Waals surface area contributed by atoms with E-state index in [0.29, 0.717) is 70.6 Å². The summed E-state index contributed by atoms with van der Waals surface area (Å²) in [6.07, 6.45) is 5.35. The quantitative estimate of drug-likeness (QED) is 0.661. The Hall–Kier alpha value is -1.99. The first kappa shape index (κ1) is 22.3. The van der Waals surface area contributed by atoms with Crippen LogP contribution in [0, 0.1) is 12.3 Å². The Kier molecular flexibility index (Phi) is 11.2. The number of nitrogens with zero attached hydrogens (tertiary/aromatic N) is 1. The van der Waals surface area contributed by atoms with Crippen LogP contribution in [0.1, 0.15) is 15.9 Å². The lowest BCUT2D eigenvalue weighted by Crippen LogP contribution is -2.35. The third-order valence-electron chi connectivity index (χ3n) is 3.70. The maximum Gasteiger partial charge on any atom is 0.279 e. The first-order valence-electron chi connectivity index (χ1n) is 9.21. The normalized spacial score (nSPS) is 19.2. The van der Waals surface area contributed by atoms with Crippen LogP contribution in [0.5, 0.6) is 0 Å². The van der Waals surface area contributed by atoms with Crippen molar-refractivity contribution in [3.8, 4) is 12.3 Å². The van der Waals surface area contributed by atoms with Gasteiger partial charge in [0.05, 0.1) is 66.1 Å². The predicted molar refractivity (Wildman–Crippen MR) is 101 cm³/mol. The fraction of sp³-hybridized carbons (Fsp3) is 0.550. The number of hydrogen-bond acceptors (Lipinski definition) is 7. The minimum atomic E-state index is -0.323. The summed E-state index contributed by atoms with van der Waals surface area (Å²) in [5.41, 5.74) is 1.15. The van der Waals surface area contributed by atoms with Crippen LogP contribution in [0.25, 0.3) is 0 Å². The maximum absolute atomic E-state index is 12.7. The Morgan fingerprint density at radius 1 is 0.750 bits per heavy atom. The minimum absolute atomic E-state index is 0.0291. The SMILES string of the molecule is C#Cc1ccc(C(=O)N2COCCOCCOCCOCCOCCO2)cc1. The largest absolute Gasteiger partial charge is 0.377 e. The van der Waals surface area contributed by atoms with E-state index in [-0.39, 0.29) is 19.2 Å². The van der Waals surface area contributed by atoms with E-state index in [1.165, 1.54) is 0 Å². The second-order valence-corrected chi connectivity index (χ2v) is 5.73. The molecule has 154 valence electrons. The van der Waals surface area contributed by atoms with E-state index in [9.17, 15) is 4.79 Å². The number of hydroxylamine groups is 2. The summed E-state index contributed by atoms with van der Waals surface area (Å²) in [7, 11) is 0. The van der Waals surface area contributed by atoms with E-state index in [2.05, 4.69) is 5.92 Å². The highest BCUT2D eigenvalue weighted by Crippen LogP contribution is 2.08. The lowest BCUT2D eigenvalue weighted by atomic mass is 10.1. The van der Waals surface area contributed by atoms with Crippen molar-refractivity contribution in [2.24, 2.45) is 0 Å². The molecular formula is C20H27NO7. The number of rotatable bonds is 1. The summed E-state index contributed by atoms with van der Waals surface area (Å²) >= 11 is 0. The molecule has 28 heavy (non-hydrogen) atoms. The second-order valence-electron chi connectivity index (χ2n) is 5.73. The highest BCUT2D eigenvalue weighted by Gasteiger charge is 2.17. The monoisotopic (exact) mass is 393 g/mol. The van der Waals surface area contributed by atoms with Crippen molar-refractivity contribution >= 4 is 5.91 Å². The van der Waals surface area contributed by atoms with Gasteiger partial charge in [-0.3, -0.25) is 9.63 Å². The number of benzene rings is 1. The van der Waals surface area contributed by atoms with Gasteiger partial charge < -0.3 is 23.7 Å². The molecule has 0 bridgehead atoms. The third-order valence-corrected chi connectivity index (χ3v) is 3.70. The van der Waals surface area contributed by atoms with Crippen LogP contribution in [-0.4, -0.2) is 83.8 Å². The van der Waals surface area contributed by atoms with Crippen molar-refractivity contribution in [1.29, 1.82) is 0 Å². The van der Waals surface area contributed by atoms with Gasteiger partial charge in [-0.2, -0.15) is 5.06 Å². The zero-order valence-electron chi connectivity index (χ0n) is 16.0. The van der Waals surface area contributed by atoms with E-state index in [0.717, 1.165) is 5.06 Å². The van der Waals surface area contributed by atoms with Gasteiger partial charge in [-0.25, -0.2) is 0 Å². The molecule has 0 N–H and O–H groups in total. The molecule has 1 amide bonds. The predicted octanol–water partition coefficient (Wildman–Crippen LogP) is 1.10. The van der Waals surface area contributed by atoms with E-state index in [1.807, 2.05) is 0 Å². The van der Waals surface area contributed by atoms with Gasteiger partial charge in [0, 0.05) is 11.1 Å². The molecule has 1 fully saturated rings. The molecule has 0 radical (unpaired) electrons. The van der Waals surface area contributed by atoms with Crippen molar-refractivity contribution in [3.63, 3.8) is 0 Å². The summed E-state index contributed by atoms with van der Waals surface area (Å²) in [5.74, 6) is 2.19. The van der Waals surface area contributed by atoms with Gasteiger partial charge in [0.1, 0.15) is 6.73 Å². The topological polar surface area (TPSA) is 75.7 Å². The molecule has 8 nitrogen and oxygen atoms in total. The Morgan fingerprint density at radius 3 is 1.71 bits per heavy atom. The maximum atomic E-state index is 12.7. The fourth-order valence-electron chi connectivity index (χ4n) is 2.24. The Balaban J connectivity index is 1.87. The van der Waals surface area contributed by atoms with Crippen molar-refractivity contribution < 1.29 is 33.3 Å². The third kappa shape index (κ3) is 8.80. The standard InChI is InChI=1S/C20H27NO7/c1-2-18-3-5-19(6-4-18)20(22)21-17-27-14-13-25-10-9-23-7-8-24-11-12-26-15-16-28-21/h1,3-6H,7-17H2. The van der Waals surface area contributed by atoms with Gasteiger partial charge in [-0.15, -0.1) is 6.42 Å². The first-order chi connectivity index (χ1) is 13.8. The highest BCUT2D eigenvalue weighted by molar-refractivity contribution is 5.93. The molecule has 1 aromatic carbocycles. The van der Waals surface area contributed by atoms with Gasteiger partial charge in [-0.1, -0.05) is 5.92 Å². The molecule has 1 aliphatic rings. The smallest absolute Gasteiger partial charge is 0.279 e. The molecule has 0 saturated carbocycles. The molecule has 0 spiro atoms. The minimum Gasteiger partial charge on any atom is -0.377 e. The van der Waals surface area contributed by atoms with Gasteiger partial charge >= 0.3 is 0 Å². The number of hydrogen-bond donors (Lipinski definition) is 0. The van der Waals surface area contributed by atoms with Crippen LogP contribution < -0.4 is 0 Å². The number of terminal acetylenes is 1. The van der Waals surface area contributed by atoms with E-state index < -0.39 is 0 Å². The van der Waals surface area contributed by atoms with Crippen molar-refractivity contribution in [2.45, 2.75) is 0 Å². The number of carbonyl (C=O) groups excluding carboxylic acids is 1. The lowest BCUT2D eigenvalue weighted by molar-refractivity contribution is -0.184. The lowest BCUT2D eigenvalue weighted by Gasteiger charge is -2.22. The summed E-state index contributed by atoms with van der Waals surface area (Å²) in [6.45, 7) is 4.08. The van der Waals surface area contributed by atoms with Crippen LogP contribution in [-0.2, 0) is 28.5 Å². The van der Waals surface area contributed by atoms with E-state index in [1.54, 1.807) is 24.3 Å². The second kappa shape index (κ2) is 14.1. The van der Waals surface area contributed by atoms with Crippen molar-refractivity contribution in [1.82, 2.24) is 5.06 Å². The molecule has 1 aromatic rings. The molecule has 1 saturated heterocycles. The Bertz CT molecular complexity index is 582. The molecule has 1 aliphatic heterocycles. The van der Waals surface area contributed by atoms with Gasteiger partial charge in [0.15, 0.2) is 0 Å². The van der Waals surface area contributed by atoms with Crippen LogP contribution in [0.15, 0.2) is 24.3 Å². The molecule has 0 aromatic heterocycles. The summed E-state index contributed by atoms with van der Waals surface area (Å²) in [4.78, 5) is 18.2. The summed E-state index contributed by atoms with van der Waals surface area (Å²) in [6, 6.07) is 6.72. The summed E-state index contributed by atoms with van der Waals surface area (Å²) in [5, 5.41) is 1.16. The van der Waals surface area contributed by atoms with Crippen molar-refractivity contribution in [2.75, 3.05) is 72.8 Å². The van der Waals surface area contributed by atoms with Crippen LogP contribution in [0.4, 0.5) is 0 Å². The first-order valence-corrected chi connectivity index (χ1v) is 9.21. The van der Waals surface area contributed by atoms with Crippen LogP contribution in [0.2, 0.25) is 0 Å². The van der Waals surface area contributed by atoms with Gasteiger partial charge in [0.25, 0.3) is 5.91 Å². The molecule has 0 aliphatic carbocycles. The zero-order valence-corrected chi connectivity index (χ0v) is 16.0. The average molecular weight is 393 g/mol. The number of ether oxygens (including phenoxy) is 5. The van der Waals surface area contributed by atoms with Crippen LogP contribution >= 0.6 is 0 Å². The van der Waals surface area contributed by atoms with Gasteiger partial charge in [-0.05, 0) is 24.3 Å². The average Bonchev–Trinajstić information content (AvgIpc) is 2.73. The molecule has 8 heteroatoms. The molecule has 0 atom stereocenters. The molecular weight excluding hydrogens is 366 g/mol. The van der Waals surface area contributed by atoms with Gasteiger partial charge in [0.2, 0.25) is 0 Å². The van der Waals surface area contributed by atoms with Crippen LogP contribution in [0.3, 0.4) is 0 Å².